The fourth-order valence-electron chi connectivity index (χ4n) is 1.59. The van der Waals surface area contributed by atoms with Gasteiger partial charge < -0.3 is 16.2 Å². The van der Waals surface area contributed by atoms with Crippen LogP contribution in [0.4, 0.5) is 0 Å². The summed E-state index contributed by atoms with van der Waals surface area (Å²) in [7, 11) is 0. The number of rotatable bonds is 7. The second kappa shape index (κ2) is 7.39. The molecule has 0 saturated carbocycles. The molecule has 0 heterocycles. The van der Waals surface area contributed by atoms with Crippen LogP contribution >= 0.6 is 0 Å². The second-order valence-electron chi connectivity index (χ2n) is 4.23. The van der Waals surface area contributed by atoms with Crippen LogP contribution < -0.4 is 11.1 Å². The summed E-state index contributed by atoms with van der Waals surface area (Å²) in [5.74, 6) is 0.530. The van der Waals surface area contributed by atoms with E-state index in [0.717, 1.165) is 25.1 Å². The number of nitrogens with one attached hydrogen (secondary N) is 1. The van der Waals surface area contributed by atoms with Gasteiger partial charge in [0.05, 0.1) is 12.6 Å². The predicted octanol–water partition coefficient (Wildman–Crippen LogP) is 1.29. The molecule has 0 aliphatic heterocycles. The number of aliphatic hydroxyl groups is 1. The van der Waals surface area contributed by atoms with Crippen molar-refractivity contribution >= 4 is 0 Å². The van der Waals surface area contributed by atoms with Crippen LogP contribution in [0.25, 0.3) is 0 Å². The van der Waals surface area contributed by atoms with E-state index in [2.05, 4.69) is 12.2 Å². The van der Waals surface area contributed by atoms with E-state index in [-0.39, 0.29) is 12.6 Å². The van der Waals surface area contributed by atoms with Crippen molar-refractivity contribution in [1.82, 2.24) is 5.32 Å². The average molecular weight is 222 g/mol. The molecule has 0 saturated heterocycles. The van der Waals surface area contributed by atoms with Gasteiger partial charge in [-0.15, -0.1) is 0 Å². The van der Waals surface area contributed by atoms with E-state index in [1.807, 2.05) is 30.3 Å². The van der Waals surface area contributed by atoms with Gasteiger partial charge in [0, 0.05) is 0 Å². The first-order valence-electron chi connectivity index (χ1n) is 5.87. The van der Waals surface area contributed by atoms with Gasteiger partial charge in [0.25, 0.3) is 0 Å². The lowest BCUT2D eigenvalue weighted by molar-refractivity contribution is 0.242. The first kappa shape index (κ1) is 13.2. The van der Waals surface area contributed by atoms with Crippen molar-refractivity contribution in [3.05, 3.63) is 35.9 Å². The van der Waals surface area contributed by atoms with Crippen LogP contribution in [-0.4, -0.2) is 24.8 Å². The van der Waals surface area contributed by atoms with Gasteiger partial charge >= 0.3 is 0 Å². The zero-order valence-electron chi connectivity index (χ0n) is 9.89. The van der Waals surface area contributed by atoms with Crippen LogP contribution in [0.1, 0.15) is 24.9 Å². The Hall–Kier alpha value is -0.900. The summed E-state index contributed by atoms with van der Waals surface area (Å²) >= 11 is 0. The molecule has 1 unspecified atom stereocenters. The Bertz CT molecular complexity index is 277. The lowest BCUT2D eigenvalue weighted by atomic mass is 10.1. The molecule has 0 bridgehead atoms. The van der Waals surface area contributed by atoms with Gasteiger partial charge in [-0.05, 0) is 31.0 Å². The minimum absolute atomic E-state index is 0.0335. The van der Waals surface area contributed by atoms with Gasteiger partial charge in [-0.1, -0.05) is 37.3 Å². The van der Waals surface area contributed by atoms with Crippen molar-refractivity contribution < 1.29 is 5.11 Å². The normalized spacial score (nSPS) is 14.7. The van der Waals surface area contributed by atoms with Crippen LogP contribution in [0.2, 0.25) is 0 Å². The zero-order chi connectivity index (χ0) is 11.8. The van der Waals surface area contributed by atoms with Crippen molar-refractivity contribution in [2.75, 3.05) is 19.7 Å². The third-order valence-corrected chi connectivity index (χ3v) is 2.81. The molecule has 3 heteroatoms. The van der Waals surface area contributed by atoms with E-state index in [1.165, 1.54) is 0 Å². The largest absolute Gasteiger partial charge is 0.394 e. The Balaban J connectivity index is 2.38. The van der Waals surface area contributed by atoms with Crippen molar-refractivity contribution in [3.63, 3.8) is 0 Å². The third kappa shape index (κ3) is 4.31. The van der Waals surface area contributed by atoms with Crippen LogP contribution in [-0.2, 0) is 0 Å². The highest BCUT2D eigenvalue weighted by molar-refractivity contribution is 5.18. The van der Waals surface area contributed by atoms with Crippen LogP contribution in [0.15, 0.2) is 30.3 Å². The van der Waals surface area contributed by atoms with Crippen molar-refractivity contribution in [1.29, 1.82) is 0 Å². The topological polar surface area (TPSA) is 58.3 Å². The van der Waals surface area contributed by atoms with Crippen molar-refractivity contribution in [3.8, 4) is 0 Å². The van der Waals surface area contributed by atoms with Crippen LogP contribution in [0, 0.1) is 5.92 Å². The third-order valence-electron chi connectivity index (χ3n) is 2.81. The Labute approximate surface area is 97.7 Å². The summed E-state index contributed by atoms with van der Waals surface area (Å²) in [5, 5.41) is 12.7. The zero-order valence-corrected chi connectivity index (χ0v) is 9.89. The maximum absolute atomic E-state index is 9.31. The van der Waals surface area contributed by atoms with Gasteiger partial charge in [-0.25, -0.2) is 0 Å². The number of nitrogens with two attached hydrogens (primary N) is 1. The minimum Gasteiger partial charge on any atom is -0.394 e. The molecule has 1 aromatic carbocycles. The van der Waals surface area contributed by atoms with Crippen molar-refractivity contribution in [2.45, 2.75) is 19.4 Å². The number of benzene rings is 1. The Kier molecular flexibility index (Phi) is 6.08. The van der Waals surface area contributed by atoms with E-state index < -0.39 is 0 Å². The van der Waals surface area contributed by atoms with E-state index in [9.17, 15) is 5.11 Å². The Morgan fingerprint density at radius 2 is 2.00 bits per heavy atom. The molecular weight excluding hydrogens is 200 g/mol. The summed E-state index contributed by atoms with van der Waals surface area (Å²) in [6.45, 7) is 3.87. The van der Waals surface area contributed by atoms with E-state index in [1.54, 1.807) is 0 Å². The van der Waals surface area contributed by atoms with Crippen LogP contribution in [0.5, 0.6) is 0 Å². The minimum atomic E-state index is 0.0335. The molecular formula is C13H22N2O. The molecule has 0 fully saturated rings. The molecule has 0 aromatic heterocycles. The summed E-state index contributed by atoms with van der Waals surface area (Å²) in [4.78, 5) is 0. The maximum atomic E-state index is 9.31. The predicted molar refractivity (Wildman–Crippen MR) is 67.1 cm³/mol. The Morgan fingerprint density at radius 3 is 2.56 bits per heavy atom. The first-order valence-corrected chi connectivity index (χ1v) is 5.87. The smallest absolute Gasteiger partial charge is 0.0626 e. The first-order chi connectivity index (χ1) is 7.77. The highest BCUT2D eigenvalue weighted by atomic mass is 16.3. The van der Waals surface area contributed by atoms with Gasteiger partial charge in [0.2, 0.25) is 0 Å². The molecule has 90 valence electrons. The second-order valence-corrected chi connectivity index (χ2v) is 4.23. The fourth-order valence-corrected chi connectivity index (χ4v) is 1.59. The summed E-state index contributed by atoms with van der Waals surface area (Å²) in [6, 6.07) is 10.0. The Morgan fingerprint density at radius 1 is 1.31 bits per heavy atom. The molecule has 0 amide bonds. The lowest BCUT2D eigenvalue weighted by Crippen LogP contribution is -2.27. The molecule has 1 aromatic rings. The van der Waals surface area contributed by atoms with Gasteiger partial charge in [-0.2, -0.15) is 0 Å². The SMILES string of the molecule is CC(CN)CCN[C@@H](CO)c1ccccc1. The van der Waals surface area contributed by atoms with E-state index >= 15 is 0 Å². The summed E-state index contributed by atoms with van der Waals surface area (Å²) in [5.41, 5.74) is 6.69. The molecule has 2 atom stereocenters. The highest BCUT2D eigenvalue weighted by Crippen LogP contribution is 2.11. The molecule has 3 nitrogen and oxygen atoms in total. The van der Waals surface area contributed by atoms with Gasteiger partial charge in [0.15, 0.2) is 0 Å². The van der Waals surface area contributed by atoms with E-state index in [4.69, 9.17) is 5.73 Å². The van der Waals surface area contributed by atoms with Gasteiger partial charge in [-0.3, -0.25) is 0 Å². The molecule has 1 rings (SSSR count). The standard InChI is InChI=1S/C13H22N2O/c1-11(9-14)7-8-15-13(10-16)12-5-3-2-4-6-12/h2-6,11,13,15-16H,7-10,14H2,1H3/t11?,13-/m0/s1. The molecule has 4 N–H and O–H groups in total. The lowest BCUT2D eigenvalue weighted by Gasteiger charge is -2.17. The number of hydrogen-bond donors (Lipinski definition) is 3. The monoisotopic (exact) mass is 222 g/mol. The maximum Gasteiger partial charge on any atom is 0.0626 e. The quantitative estimate of drug-likeness (QED) is 0.651. The summed E-state index contributed by atoms with van der Waals surface area (Å²) < 4.78 is 0. The number of hydrogen-bond acceptors (Lipinski definition) is 3. The molecule has 0 spiro atoms. The average Bonchev–Trinajstić information content (AvgIpc) is 2.35. The highest BCUT2D eigenvalue weighted by Gasteiger charge is 2.09. The van der Waals surface area contributed by atoms with Crippen LogP contribution in [0.3, 0.4) is 0 Å². The van der Waals surface area contributed by atoms with Gasteiger partial charge in [0.1, 0.15) is 0 Å². The molecule has 0 radical (unpaired) electrons. The van der Waals surface area contributed by atoms with E-state index in [0.29, 0.717) is 5.92 Å². The van der Waals surface area contributed by atoms with Crippen molar-refractivity contribution in [2.24, 2.45) is 11.7 Å². The summed E-state index contributed by atoms with van der Waals surface area (Å²) in [6.07, 6.45) is 1.04. The molecule has 0 aliphatic rings. The fraction of sp³-hybridized carbons (Fsp3) is 0.538. The molecule has 0 aliphatic carbocycles. The number of aliphatic hydroxyl groups excluding tert-OH is 1. The molecule has 16 heavy (non-hydrogen) atoms.